The third-order valence-corrected chi connectivity index (χ3v) is 2.86. The standard InChI is InChI=1S/C9H11NO4/c1-9-3-2-5(14-9)7(10-4-11)6(9)8(12)13/h2-7H,1H3,(H,10,11)(H,12,13). The molecule has 0 aliphatic carbocycles. The van der Waals surface area contributed by atoms with Gasteiger partial charge in [-0.3, -0.25) is 9.59 Å². The summed E-state index contributed by atoms with van der Waals surface area (Å²) in [5.74, 6) is -1.65. The number of fused-ring (bicyclic) bond motifs is 2. The molecule has 0 aromatic rings. The summed E-state index contributed by atoms with van der Waals surface area (Å²) >= 11 is 0. The molecule has 0 saturated carbocycles. The summed E-state index contributed by atoms with van der Waals surface area (Å²) in [5.41, 5.74) is -0.781. The van der Waals surface area contributed by atoms with Gasteiger partial charge in [-0.2, -0.15) is 0 Å². The van der Waals surface area contributed by atoms with Crippen LogP contribution in [0.15, 0.2) is 12.2 Å². The fraction of sp³-hybridized carbons (Fsp3) is 0.556. The number of carbonyl (C=O) groups is 2. The summed E-state index contributed by atoms with van der Waals surface area (Å²) in [6.07, 6.45) is 3.74. The second-order valence-corrected chi connectivity index (χ2v) is 3.75. The lowest BCUT2D eigenvalue weighted by atomic mass is 9.81. The molecule has 2 rings (SSSR count). The first-order valence-electron chi connectivity index (χ1n) is 4.38. The molecular formula is C9H11NO4. The molecule has 5 nitrogen and oxygen atoms in total. The van der Waals surface area contributed by atoms with Crippen LogP contribution in [0.4, 0.5) is 0 Å². The Kier molecular flexibility index (Phi) is 1.85. The van der Waals surface area contributed by atoms with Gasteiger partial charge in [0, 0.05) is 0 Å². The Balaban J connectivity index is 2.30. The third kappa shape index (κ3) is 1.05. The first kappa shape index (κ1) is 9.21. The number of ether oxygens (including phenoxy) is 1. The van der Waals surface area contributed by atoms with Gasteiger partial charge in [-0.25, -0.2) is 0 Å². The van der Waals surface area contributed by atoms with Crippen molar-refractivity contribution in [3.05, 3.63) is 12.2 Å². The molecule has 14 heavy (non-hydrogen) atoms. The normalized spacial score (nSPS) is 43.9. The monoisotopic (exact) mass is 197 g/mol. The molecular weight excluding hydrogens is 186 g/mol. The van der Waals surface area contributed by atoms with Gasteiger partial charge in [0.05, 0.1) is 17.7 Å². The topological polar surface area (TPSA) is 75.6 Å². The Morgan fingerprint density at radius 2 is 2.43 bits per heavy atom. The van der Waals surface area contributed by atoms with Crippen LogP contribution in [0.5, 0.6) is 0 Å². The second kappa shape index (κ2) is 2.81. The Morgan fingerprint density at radius 1 is 1.71 bits per heavy atom. The highest BCUT2D eigenvalue weighted by molar-refractivity contribution is 5.75. The van der Waals surface area contributed by atoms with E-state index in [1.165, 1.54) is 0 Å². The van der Waals surface area contributed by atoms with E-state index in [9.17, 15) is 9.59 Å². The van der Waals surface area contributed by atoms with E-state index in [2.05, 4.69) is 5.32 Å². The van der Waals surface area contributed by atoms with Crippen LogP contribution >= 0.6 is 0 Å². The van der Waals surface area contributed by atoms with Gasteiger partial charge in [-0.1, -0.05) is 12.2 Å². The maximum Gasteiger partial charge on any atom is 0.311 e. The van der Waals surface area contributed by atoms with Crippen LogP contribution in [-0.4, -0.2) is 35.2 Å². The lowest BCUT2D eigenvalue weighted by Gasteiger charge is -2.26. The molecule has 0 aromatic carbocycles. The summed E-state index contributed by atoms with van der Waals surface area (Å²) in [7, 11) is 0. The number of hydrogen-bond acceptors (Lipinski definition) is 3. The summed E-state index contributed by atoms with van der Waals surface area (Å²) in [5, 5.41) is 11.5. The van der Waals surface area contributed by atoms with Gasteiger partial charge in [0.1, 0.15) is 5.92 Å². The average Bonchev–Trinajstić information content (AvgIpc) is 2.57. The van der Waals surface area contributed by atoms with Crippen LogP contribution in [0, 0.1) is 5.92 Å². The summed E-state index contributed by atoms with van der Waals surface area (Å²) < 4.78 is 5.49. The number of carboxylic acids is 1. The molecule has 2 bridgehead atoms. The van der Waals surface area contributed by atoms with Crippen LogP contribution in [0.25, 0.3) is 0 Å². The number of nitrogens with one attached hydrogen (secondary N) is 1. The predicted molar refractivity (Wildman–Crippen MR) is 46.5 cm³/mol. The number of aliphatic carboxylic acids is 1. The van der Waals surface area contributed by atoms with Crippen molar-refractivity contribution in [3.8, 4) is 0 Å². The van der Waals surface area contributed by atoms with Gasteiger partial charge < -0.3 is 15.2 Å². The van der Waals surface area contributed by atoms with Crippen LogP contribution < -0.4 is 5.32 Å². The maximum atomic E-state index is 11.0. The molecule has 4 atom stereocenters. The predicted octanol–water partition coefficient (Wildman–Crippen LogP) is -0.471. The van der Waals surface area contributed by atoms with Crippen molar-refractivity contribution in [3.63, 3.8) is 0 Å². The highest BCUT2D eigenvalue weighted by atomic mass is 16.5. The SMILES string of the molecule is CC12C=CC(O1)C(NC=O)C2C(=O)O. The van der Waals surface area contributed by atoms with Crippen LogP contribution in [-0.2, 0) is 14.3 Å². The second-order valence-electron chi connectivity index (χ2n) is 3.75. The molecule has 0 radical (unpaired) electrons. The van der Waals surface area contributed by atoms with Crippen molar-refractivity contribution < 1.29 is 19.4 Å². The molecule has 0 aromatic heterocycles. The Bertz CT molecular complexity index is 314. The van der Waals surface area contributed by atoms with Crippen molar-refractivity contribution in [1.82, 2.24) is 5.32 Å². The van der Waals surface area contributed by atoms with Crippen LogP contribution in [0.1, 0.15) is 6.92 Å². The minimum atomic E-state index is -0.946. The van der Waals surface area contributed by atoms with E-state index in [4.69, 9.17) is 9.84 Å². The highest BCUT2D eigenvalue weighted by Gasteiger charge is 2.57. The number of carboxylic acid groups (broad SMARTS) is 1. The van der Waals surface area contributed by atoms with E-state index in [1.807, 2.05) is 0 Å². The number of hydrogen-bond donors (Lipinski definition) is 2. The van der Waals surface area contributed by atoms with Crippen molar-refractivity contribution in [2.45, 2.75) is 24.7 Å². The highest BCUT2D eigenvalue weighted by Crippen LogP contribution is 2.42. The van der Waals surface area contributed by atoms with E-state index >= 15 is 0 Å². The van der Waals surface area contributed by atoms with Gasteiger partial charge in [0.25, 0.3) is 0 Å². The zero-order valence-electron chi connectivity index (χ0n) is 7.64. The molecule has 2 heterocycles. The molecule has 0 spiro atoms. The molecule has 4 unspecified atom stereocenters. The van der Waals surface area contributed by atoms with Crippen LogP contribution in [0.3, 0.4) is 0 Å². The summed E-state index contributed by atoms with van der Waals surface area (Å²) in [4.78, 5) is 21.3. The zero-order chi connectivity index (χ0) is 10.3. The quantitative estimate of drug-likeness (QED) is 0.473. The number of carbonyl (C=O) groups excluding carboxylic acids is 1. The minimum Gasteiger partial charge on any atom is -0.481 e. The Labute approximate surface area is 80.7 Å². The lowest BCUT2D eigenvalue weighted by Crippen LogP contribution is -2.48. The van der Waals surface area contributed by atoms with Gasteiger partial charge in [0.2, 0.25) is 6.41 Å². The Morgan fingerprint density at radius 3 is 3.00 bits per heavy atom. The number of amides is 1. The van der Waals surface area contributed by atoms with Gasteiger partial charge in [0.15, 0.2) is 0 Å². The molecule has 2 aliphatic rings. The fourth-order valence-corrected chi connectivity index (χ4v) is 2.24. The smallest absolute Gasteiger partial charge is 0.311 e. The van der Waals surface area contributed by atoms with Crippen LogP contribution in [0.2, 0.25) is 0 Å². The van der Waals surface area contributed by atoms with Gasteiger partial charge in [-0.05, 0) is 6.92 Å². The van der Waals surface area contributed by atoms with Gasteiger partial charge in [-0.15, -0.1) is 0 Å². The average molecular weight is 197 g/mol. The van der Waals surface area contributed by atoms with Crippen molar-refractivity contribution in [1.29, 1.82) is 0 Å². The minimum absolute atomic E-state index is 0.314. The van der Waals surface area contributed by atoms with Crippen molar-refractivity contribution >= 4 is 12.4 Å². The van der Waals surface area contributed by atoms with E-state index < -0.39 is 23.5 Å². The summed E-state index contributed by atoms with van der Waals surface area (Å²) in [6, 6.07) is -0.458. The van der Waals surface area contributed by atoms with E-state index in [0.29, 0.717) is 6.41 Å². The van der Waals surface area contributed by atoms with Gasteiger partial charge >= 0.3 is 5.97 Å². The third-order valence-electron chi connectivity index (χ3n) is 2.86. The molecule has 1 fully saturated rings. The van der Waals surface area contributed by atoms with E-state index in [-0.39, 0.29) is 6.10 Å². The molecule has 5 heteroatoms. The first-order chi connectivity index (χ1) is 6.58. The molecule has 1 saturated heterocycles. The fourth-order valence-electron chi connectivity index (χ4n) is 2.24. The molecule has 2 aliphatic heterocycles. The maximum absolute atomic E-state index is 11.0. The summed E-state index contributed by atoms with van der Waals surface area (Å²) in [6.45, 7) is 1.72. The molecule has 2 N–H and O–H groups in total. The lowest BCUT2D eigenvalue weighted by molar-refractivity contribution is -0.145. The van der Waals surface area contributed by atoms with E-state index in [0.717, 1.165) is 0 Å². The zero-order valence-corrected chi connectivity index (χ0v) is 7.64. The molecule has 1 amide bonds. The van der Waals surface area contributed by atoms with Crippen molar-refractivity contribution in [2.24, 2.45) is 5.92 Å². The first-order valence-corrected chi connectivity index (χ1v) is 4.38. The largest absolute Gasteiger partial charge is 0.481 e. The van der Waals surface area contributed by atoms with E-state index in [1.54, 1.807) is 19.1 Å². The molecule has 76 valence electrons. The number of rotatable bonds is 3. The van der Waals surface area contributed by atoms with Crippen molar-refractivity contribution in [2.75, 3.05) is 0 Å². The Hall–Kier alpha value is -1.36.